The van der Waals surface area contributed by atoms with Crippen LogP contribution < -0.4 is 0 Å². The van der Waals surface area contributed by atoms with Crippen LogP contribution in [0.4, 0.5) is 0 Å². The second-order valence-electron chi connectivity index (χ2n) is 11.6. The summed E-state index contributed by atoms with van der Waals surface area (Å²) in [6.45, 7) is 4.56. The molecule has 1 nitrogen and oxygen atoms in total. The summed E-state index contributed by atoms with van der Waals surface area (Å²) in [4.78, 5) is 11.3. The molecule has 0 bridgehead atoms. The maximum absolute atomic E-state index is 11.3. The lowest BCUT2D eigenvalue weighted by atomic mass is 9.95. The molecule has 0 aromatic heterocycles. The fourth-order valence-electron chi connectivity index (χ4n) is 5.19. The van der Waals surface area contributed by atoms with Gasteiger partial charge in [0.1, 0.15) is 0 Å². The Morgan fingerprint density at radius 3 is 0.973 bits per heavy atom. The third-order valence-electron chi connectivity index (χ3n) is 7.80. The number of hydrogen-bond donors (Lipinski definition) is 0. The van der Waals surface area contributed by atoms with E-state index in [-0.39, 0.29) is 5.92 Å². The van der Waals surface area contributed by atoms with Crippen molar-refractivity contribution in [2.24, 2.45) is 5.92 Å². The molecule has 1 unspecified atom stereocenters. The van der Waals surface area contributed by atoms with Gasteiger partial charge in [0.05, 0.1) is 0 Å². The molecular weight excluding hydrogens is 448 g/mol. The van der Waals surface area contributed by atoms with Crippen LogP contribution in [0.1, 0.15) is 194 Å². The molecule has 1 atom stereocenters. The van der Waals surface area contributed by atoms with E-state index in [4.69, 9.17) is 0 Å². The van der Waals surface area contributed by atoms with Gasteiger partial charge in [-0.15, -0.1) is 0 Å². The van der Waals surface area contributed by atoms with E-state index in [1.54, 1.807) is 0 Å². The molecule has 0 saturated heterocycles. The third-order valence-corrected chi connectivity index (χ3v) is 7.80. The van der Waals surface area contributed by atoms with Crippen LogP contribution in [0.25, 0.3) is 0 Å². The molecular formula is C36H67O. The van der Waals surface area contributed by atoms with Crippen molar-refractivity contribution in [3.63, 3.8) is 0 Å². The Morgan fingerprint density at radius 2 is 0.676 bits per heavy atom. The SMILES string of the molecule is CCCCCCCC/C=C\CCCCCCCCC([C]=O)CCCCCC/C=C\CCCCCCCC. The third kappa shape index (κ3) is 31.3. The lowest BCUT2D eigenvalue weighted by molar-refractivity contribution is 0.452. The summed E-state index contributed by atoms with van der Waals surface area (Å²) in [5.74, 6) is 0.189. The molecule has 0 aliphatic carbocycles. The summed E-state index contributed by atoms with van der Waals surface area (Å²) in [6, 6.07) is 0. The average Bonchev–Trinajstić information content (AvgIpc) is 2.91. The van der Waals surface area contributed by atoms with Gasteiger partial charge in [0.25, 0.3) is 0 Å². The highest BCUT2D eigenvalue weighted by molar-refractivity contribution is 5.54. The predicted octanol–water partition coefficient (Wildman–Crippen LogP) is 12.8. The van der Waals surface area contributed by atoms with Crippen LogP contribution in [0.5, 0.6) is 0 Å². The van der Waals surface area contributed by atoms with Crippen LogP contribution >= 0.6 is 0 Å². The van der Waals surface area contributed by atoms with E-state index in [0.29, 0.717) is 0 Å². The van der Waals surface area contributed by atoms with E-state index < -0.39 is 0 Å². The standard InChI is InChI=1S/C36H67O/c1-3-5-7-9-11-13-15-17-19-20-22-24-26-28-30-32-34-36(35-37)33-31-29-27-25-23-21-18-16-14-12-10-8-6-4-2/h17-19,21,36H,3-16,20,22-34H2,1-2H3/b19-17-,21-18-. The molecule has 0 rings (SSSR count). The van der Waals surface area contributed by atoms with E-state index >= 15 is 0 Å². The molecule has 217 valence electrons. The van der Waals surface area contributed by atoms with Gasteiger partial charge in [0.2, 0.25) is 6.29 Å². The molecule has 1 heteroatoms. The van der Waals surface area contributed by atoms with Crippen LogP contribution in [0, 0.1) is 5.92 Å². The predicted molar refractivity (Wildman–Crippen MR) is 168 cm³/mol. The molecule has 0 saturated carbocycles. The molecule has 0 aliphatic rings. The van der Waals surface area contributed by atoms with Crippen LogP contribution in [-0.4, -0.2) is 6.29 Å². The number of carbonyl (C=O) groups excluding carboxylic acids is 1. The Labute approximate surface area is 234 Å². The molecule has 0 heterocycles. The summed E-state index contributed by atoms with van der Waals surface area (Å²) in [5, 5.41) is 0. The minimum atomic E-state index is 0.189. The Bertz CT molecular complexity index is 477. The summed E-state index contributed by atoms with van der Waals surface area (Å²) in [7, 11) is 0. The lowest BCUT2D eigenvalue weighted by Gasteiger charge is -2.09. The Hall–Kier alpha value is -0.850. The minimum absolute atomic E-state index is 0.189. The maximum Gasteiger partial charge on any atom is 0.201 e. The van der Waals surface area contributed by atoms with Gasteiger partial charge < -0.3 is 0 Å². The van der Waals surface area contributed by atoms with Gasteiger partial charge in [-0.05, 0) is 64.2 Å². The van der Waals surface area contributed by atoms with Crippen molar-refractivity contribution in [1.29, 1.82) is 0 Å². The number of allylic oxidation sites excluding steroid dienone is 4. The van der Waals surface area contributed by atoms with Crippen molar-refractivity contribution >= 4 is 6.29 Å². The van der Waals surface area contributed by atoms with Crippen molar-refractivity contribution in [2.75, 3.05) is 0 Å². The van der Waals surface area contributed by atoms with Crippen LogP contribution in [0.15, 0.2) is 24.3 Å². The van der Waals surface area contributed by atoms with Crippen molar-refractivity contribution in [3.05, 3.63) is 24.3 Å². The number of hydrogen-bond acceptors (Lipinski definition) is 1. The molecule has 37 heavy (non-hydrogen) atoms. The zero-order valence-electron chi connectivity index (χ0n) is 25.6. The molecule has 0 aromatic carbocycles. The van der Waals surface area contributed by atoms with Gasteiger partial charge in [0.15, 0.2) is 0 Å². The normalized spacial score (nSPS) is 12.7. The highest BCUT2D eigenvalue weighted by Gasteiger charge is 2.07. The van der Waals surface area contributed by atoms with Crippen molar-refractivity contribution in [3.8, 4) is 0 Å². The fraction of sp³-hybridized carbons (Fsp3) is 0.861. The summed E-state index contributed by atoms with van der Waals surface area (Å²) in [5.41, 5.74) is 0. The maximum atomic E-state index is 11.3. The average molecular weight is 516 g/mol. The second-order valence-corrected chi connectivity index (χ2v) is 11.6. The first-order valence-electron chi connectivity index (χ1n) is 17.0. The second kappa shape index (κ2) is 33.2. The molecule has 0 amide bonds. The number of unbranched alkanes of at least 4 members (excludes halogenated alkanes) is 22. The van der Waals surface area contributed by atoms with E-state index in [0.717, 1.165) is 12.8 Å². The summed E-state index contributed by atoms with van der Waals surface area (Å²) >= 11 is 0. The highest BCUT2D eigenvalue weighted by Crippen LogP contribution is 2.18. The van der Waals surface area contributed by atoms with Gasteiger partial charge in [-0.25, -0.2) is 0 Å². The molecule has 0 N–H and O–H groups in total. The quantitative estimate of drug-likeness (QED) is 0.0662. The molecule has 0 fully saturated rings. The first-order chi connectivity index (χ1) is 18.3. The van der Waals surface area contributed by atoms with Crippen LogP contribution in [0.2, 0.25) is 0 Å². The topological polar surface area (TPSA) is 17.1 Å². The van der Waals surface area contributed by atoms with Crippen molar-refractivity contribution in [1.82, 2.24) is 0 Å². The van der Waals surface area contributed by atoms with Crippen LogP contribution in [-0.2, 0) is 4.79 Å². The first-order valence-corrected chi connectivity index (χ1v) is 17.0. The van der Waals surface area contributed by atoms with E-state index in [9.17, 15) is 4.79 Å². The Kier molecular flexibility index (Phi) is 32.4. The highest BCUT2D eigenvalue weighted by atomic mass is 16.1. The van der Waals surface area contributed by atoms with E-state index in [1.165, 1.54) is 167 Å². The Balaban J connectivity index is 3.36. The fourth-order valence-corrected chi connectivity index (χ4v) is 5.19. The van der Waals surface area contributed by atoms with Gasteiger partial charge in [-0.2, -0.15) is 0 Å². The summed E-state index contributed by atoms with van der Waals surface area (Å²) < 4.78 is 0. The molecule has 0 aliphatic heterocycles. The smallest absolute Gasteiger partial charge is 0.201 e. The largest absolute Gasteiger partial charge is 0.291 e. The van der Waals surface area contributed by atoms with Gasteiger partial charge >= 0.3 is 0 Å². The van der Waals surface area contributed by atoms with Crippen molar-refractivity contribution in [2.45, 2.75) is 194 Å². The molecule has 1 radical (unpaired) electrons. The van der Waals surface area contributed by atoms with Gasteiger partial charge in [-0.1, -0.05) is 154 Å². The zero-order chi connectivity index (χ0) is 26.9. The lowest BCUT2D eigenvalue weighted by Crippen LogP contribution is -2.02. The molecule has 0 aromatic rings. The monoisotopic (exact) mass is 516 g/mol. The zero-order valence-corrected chi connectivity index (χ0v) is 25.6. The van der Waals surface area contributed by atoms with Gasteiger partial charge in [0, 0.05) is 5.92 Å². The van der Waals surface area contributed by atoms with Crippen LogP contribution in [0.3, 0.4) is 0 Å². The van der Waals surface area contributed by atoms with Crippen molar-refractivity contribution < 1.29 is 4.79 Å². The minimum Gasteiger partial charge on any atom is -0.291 e. The van der Waals surface area contributed by atoms with E-state index in [2.05, 4.69) is 44.4 Å². The Morgan fingerprint density at radius 1 is 0.405 bits per heavy atom. The number of rotatable bonds is 31. The van der Waals surface area contributed by atoms with Gasteiger partial charge in [-0.3, -0.25) is 4.79 Å². The summed E-state index contributed by atoms with van der Waals surface area (Å²) in [6.07, 6.45) is 48.8. The first kappa shape index (κ1) is 36.1. The van der Waals surface area contributed by atoms with E-state index in [1.807, 2.05) is 0 Å². The molecule has 0 spiro atoms.